The van der Waals surface area contributed by atoms with Crippen LogP contribution in [0.1, 0.15) is 0 Å². The Bertz CT molecular complexity index is 3450. The van der Waals surface area contributed by atoms with E-state index in [0.717, 1.165) is 83.1 Å². The fourth-order valence-electron chi connectivity index (χ4n) is 8.79. The van der Waals surface area contributed by atoms with Gasteiger partial charge in [0.2, 0.25) is 0 Å². The van der Waals surface area contributed by atoms with Crippen LogP contribution < -0.4 is 0 Å². The van der Waals surface area contributed by atoms with Crippen LogP contribution in [0.3, 0.4) is 0 Å². The van der Waals surface area contributed by atoms with Crippen LogP contribution in [0.2, 0.25) is 0 Å². The molecule has 0 radical (unpaired) electrons. The first-order valence-corrected chi connectivity index (χ1v) is 19.6. The summed E-state index contributed by atoms with van der Waals surface area (Å²) in [6.45, 7) is 0. The molecule has 0 saturated carbocycles. The van der Waals surface area contributed by atoms with E-state index in [-0.39, 0.29) is 0 Å². The number of fused-ring (bicyclic) bond motifs is 9. The summed E-state index contributed by atoms with van der Waals surface area (Å²) in [5.74, 6) is 0.618. The third-order valence-corrected chi connectivity index (χ3v) is 11.5. The van der Waals surface area contributed by atoms with Gasteiger partial charge in [-0.2, -0.15) is 0 Å². The van der Waals surface area contributed by atoms with Crippen LogP contribution in [0.15, 0.2) is 203 Å². The molecule has 4 nitrogen and oxygen atoms in total. The molecule has 0 spiro atoms. The average molecular weight is 741 g/mol. The van der Waals surface area contributed by atoms with Crippen LogP contribution >= 0.6 is 0 Å². The lowest BCUT2D eigenvalue weighted by molar-refractivity contribution is 0.669. The molecule has 0 bridgehead atoms. The van der Waals surface area contributed by atoms with Crippen molar-refractivity contribution < 1.29 is 8.83 Å². The van der Waals surface area contributed by atoms with Crippen molar-refractivity contribution >= 4 is 65.4 Å². The summed E-state index contributed by atoms with van der Waals surface area (Å²) in [6.07, 6.45) is 0. The van der Waals surface area contributed by atoms with E-state index in [9.17, 15) is 0 Å². The summed E-state index contributed by atoms with van der Waals surface area (Å²) in [7, 11) is 0. The zero-order valence-electron chi connectivity index (χ0n) is 31.2. The maximum Gasteiger partial charge on any atom is 0.161 e. The van der Waals surface area contributed by atoms with Crippen molar-refractivity contribution in [2.45, 2.75) is 0 Å². The van der Waals surface area contributed by atoms with Crippen LogP contribution in [-0.4, -0.2) is 9.97 Å². The van der Waals surface area contributed by atoms with Crippen molar-refractivity contribution in [1.29, 1.82) is 0 Å². The molecular weight excluding hydrogens is 709 g/mol. The molecule has 0 fully saturated rings. The fourth-order valence-corrected chi connectivity index (χ4v) is 8.79. The van der Waals surface area contributed by atoms with Gasteiger partial charge < -0.3 is 8.83 Å². The molecule has 0 aliphatic heterocycles. The quantitative estimate of drug-likeness (QED) is 0.165. The van der Waals surface area contributed by atoms with E-state index in [1.54, 1.807) is 0 Å². The standard InChI is InChI=1S/C54H32N2O2/c1-2-14-33(15-3-1)34-28-29-35-31-47(37-17-5-4-16-36(37)46(35)30-34)38-18-6-7-21-43(38)54-55-48(44-24-12-22-41-39-19-8-10-26-50(39)57-52(41)44)32-49(56-54)45-25-13-23-42-40-20-9-11-27-51(40)58-53(42)45/h1-32H. The maximum atomic E-state index is 6.58. The van der Waals surface area contributed by atoms with Gasteiger partial charge in [0.1, 0.15) is 22.3 Å². The van der Waals surface area contributed by atoms with Gasteiger partial charge in [-0.1, -0.05) is 152 Å². The minimum Gasteiger partial charge on any atom is -0.455 e. The molecule has 0 saturated heterocycles. The maximum absolute atomic E-state index is 6.58. The second-order valence-electron chi connectivity index (χ2n) is 14.8. The number of benzene rings is 9. The summed E-state index contributed by atoms with van der Waals surface area (Å²) in [5, 5.41) is 9.01. The number of furan rings is 2. The molecule has 270 valence electrons. The summed E-state index contributed by atoms with van der Waals surface area (Å²) in [6, 6.07) is 67.9. The van der Waals surface area contributed by atoms with Crippen molar-refractivity contribution in [3.63, 3.8) is 0 Å². The SMILES string of the molecule is c1ccc(-c2ccc3cc(-c4ccccc4-c4nc(-c5cccc6c5oc5ccccc56)cc(-c5cccc6c5oc5ccccc56)n4)c4ccccc4c3c2)cc1. The highest BCUT2D eigenvalue weighted by Crippen LogP contribution is 2.43. The highest BCUT2D eigenvalue weighted by molar-refractivity contribution is 6.16. The van der Waals surface area contributed by atoms with Gasteiger partial charge in [0, 0.05) is 38.2 Å². The first kappa shape index (κ1) is 32.4. The molecular formula is C54H32N2O2. The third kappa shape index (κ3) is 5.09. The molecule has 12 rings (SSSR count). The van der Waals surface area contributed by atoms with Crippen LogP contribution in [0.25, 0.3) is 122 Å². The zero-order chi connectivity index (χ0) is 38.2. The largest absolute Gasteiger partial charge is 0.455 e. The highest BCUT2D eigenvalue weighted by Gasteiger charge is 2.21. The molecule has 3 aromatic heterocycles. The van der Waals surface area contributed by atoms with E-state index < -0.39 is 0 Å². The lowest BCUT2D eigenvalue weighted by Crippen LogP contribution is -1.98. The number of aromatic nitrogens is 2. The highest BCUT2D eigenvalue weighted by atomic mass is 16.3. The number of nitrogens with zero attached hydrogens (tertiary/aromatic N) is 2. The summed E-state index contributed by atoms with van der Waals surface area (Å²) in [5.41, 5.74) is 12.1. The van der Waals surface area contributed by atoms with E-state index in [1.165, 1.54) is 32.7 Å². The molecule has 3 heterocycles. The predicted octanol–water partition coefficient (Wildman–Crippen LogP) is 14.9. The molecule has 58 heavy (non-hydrogen) atoms. The minimum atomic E-state index is 0.618. The van der Waals surface area contributed by atoms with Gasteiger partial charge in [-0.25, -0.2) is 9.97 Å². The van der Waals surface area contributed by atoms with E-state index in [1.807, 2.05) is 24.3 Å². The predicted molar refractivity (Wildman–Crippen MR) is 239 cm³/mol. The average Bonchev–Trinajstić information content (AvgIpc) is 3.88. The normalized spacial score (nSPS) is 11.8. The Morgan fingerprint density at radius 3 is 1.47 bits per heavy atom. The molecule has 9 aromatic carbocycles. The van der Waals surface area contributed by atoms with Gasteiger partial charge in [0.05, 0.1) is 11.4 Å². The van der Waals surface area contributed by atoms with Crippen molar-refractivity contribution in [1.82, 2.24) is 9.97 Å². The van der Waals surface area contributed by atoms with Crippen LogP contribution in [0, 0.1) is 0 Å². The lowest BCUT2D eigenvalue weighted by Gasteiger charge is -2.16. The Labute approximate surface area is 333 Å². The number of rotatable bonds is 5. The van der Waals surface area contributed by atoms with Gasteiger partial charge in [0.25, 0.3) is 0 Å². The monoisotopic (exact) mass is 740 g/mol. The molecule has 0 N–H and O–H groups in total. The van der Waals surface area contributed by atoms with E-state index in [4.69, 9.17) is 18.8 Å². The topological polar surface area (TPSA) is 52.1 Å². The Hall–Kier alpha value is -7.82. The molecule has 0 unspecified atom stereocenters. The first-order chi connectivity index (χ1) is 28.7. The van der Waals surface area contributed by atoms with Crippen LogP contribution in [0.4, 0.5) is 0 Å². The molecule has 0 aliphatic rings. The van der Waals surface area contributed by atoms with Gasteiger partial charge in [0.15, 0.2) is 5.82 Å². The van der Waals surface area contributed by atoms with Crippen LogP contribution in [-0.2, 0) is 0 Å². The van der Waals surface area contributed by atoms with E-state index in [0.29, 0.717) is 5.82 Å². The van der Waals surface area contributed by atoms with Gasteiger partial charge in [-0.05, 0) is 86.3 Å². The van der Waals surface area contributed by atoms with Gasteiger partial charge in [-0.15, -0.1) is 0 Å². The Morgan fingerprint density at radius 2 is 0.810 bits per heavy atom. The van der Waals surface area contributed by atoms with Crippen molar-refractivity contribution in [3.05, 3.63) is 194 Å². The molecule has 12 aromatic rings. The molecule has 4 heteroatoms. The smallest absolute Gasteiger partial charge is 0.161 e. The second kappa shape index (κ2) is 12.9. The van der Waals surface area contributed by atoms with Gasteiger partial charge in [-0.3, -0.25) is 0 Å². The molecule has 0 amide bonds. The summed E-state index contributed by atoms with van der Waals surface area (Å²) >= 11 is 0. The summed E-state index contributed by atoms with van der Waals surface area (Å²) < 4.78 is 13.2. The van der Waals surface area contributed by atoms with Crippen molar-refractivity contribution in [2.75, 3.05) is 0 Å². The first-order valence-electron chi connectivity index (χ1n) is 19.6. The van der Waals surface area contributed by atoms with Gasteiger partial charge >= 0.3 is 0 Å². The van der Waals surface area contributed by atoms with Crippen LogP contribution in [0.5, 0.6) is 0 Å². The number of hydrogen-bond donors (Lipinski definition) is 0. The number of hydrogen-bond acceptors (Lipinski definition) is 4. The zero-order valence-corrected chi connectivity index (χ0v) is 31.2. The lowest BCUT2D eigenvalue weighted by atomic mass is 9.89. The fraction of sp³-hybridized carbons (Fsp3) is 0. The minimum absolute atomic E-state index is 0.618. The number of para-hydroxylation sites is 4. The third-order valence-electron chi connectivity index (χ3n) is 11.5. The summed E-state index contributed by atoms with van der Waals surface area (Å²) in [4.78, 5) is 10.8. The van der Waals surface area contributed by atoms with E-state index >= 15 is 0 Å². The Morgan fingerprint density at radius 1 is 0.293 bits per heavy atom. The second-order valence-corrected chi connectivity index (χ2v) is 14.8. The molecule has 0 atom stereocenters. The Balaban J connectivity index is 1.11. The molecule has 0 aliphatic carbocycles. The van der Waals surface area contributed by atoms with Crippen molar-refractivity contribution in [3.8, 4) is 56.2 Å². The Kier molecular flexibility index (Phi) is 7.20. The van der Waals surface area contributed by atoms with E-state index in [2.05, 4.69) is 170 Å². The van der Waals surface area contributed by atoms with Crippen molar-refractivity contribution in [2.24, 2.45) is 0 Å².